The lowest BCUT2D eigenvalue weighted by Gasteiger charge is -2.18. The summed E-state index contributed by atoms with van der Waals surface area (Å²) >= 11 is 1.48. The van der Waals surface area contributed by atoms with E-state index in [-0.39, 0.29) is 19.7 Å². The molecule has 0 aliphatic heterocycles. The van der Waals surface area contributed by atoms with Crippen LogP contribution in [0.25, 0.3) is 0 Å². The molecule has 2 amide bonds. The van der Waals surface area contributed by atoms with E-state index in [9.17, 15) is 9.59 Å². The third-order valence-electron chi connectivity index (χ3n) is 2.33. The summed E-state index contributed by atoms with van der Waals surface area (Å²) in [7, 11) is 0. The highest BCUT2D eigenvalue weighted by Gasteiger charge is 2.14. The lowest BCUT2D eigenvalue weighted by molar-refractivity contribution is -0.122. The molecule has 1 heterocycles. The second-order valence-corrected chi connectivity index (χ2v) is 5.11. The van der Waals surface area contributed by atoms with E-state index in [1.165, 1.54) is 11.3 Å². The Balaban J connectivity index is 2.78. The first kappa shape index (κ1) is 16.2. The smallest absolute Gasteiger partial charge is 0.231 e. The van der Waals surface area contributed by atoms with Crippen LogP contribution in [0.2, 0.25) is 0 Å². The van der Waals surface area contributed by atoms with Crippen LogP contribution < -0.4 is 11.5 Å². The van der Waals surface area contributed by atoms with Crippen molar-refractivity contribution in [2.75, 3.05) is 19.7 Å². The quantitative estimate of drug-likeness (QED) is 0.575. The van der Waals surface area contributed by atoms with Crippen LogP contribution in [0, 0.1) is 11.8 Å². The molecule has 0 unspecified atom stereocenters. The van der Waals surface area contributed by atoms with E-state index < -0.39 is 11.8 Å². The van der Waals surface area contributed by atoms with E-state index in [1.807, 2.05) is 11.4 Å². The Labute approximate surface area is 121 Å². The van der Waals surface area contributed by atoms with Crippen LogP contribution in [0.3, 0.4) is 0 Å². The van der Waals surface area contributed by atoms with E-state index in [4.69, 9.17) is 16.6 Å². The predicted octanol–water partition coefficient (Wildman–Crippen LogP) is -0.745. The number of carbonyl (C=O) groups is 2. The van der Waals surface area contributed by atoms with Gasteiger partial charge in [-0.1, -0.05) is 11.8 Å². The number of aliphatic hydroxyl groups excluding tert-OH is 1. The van der Waals surface area contributed by atoms with Crippen LogP contribution in [0.1, 0.15) is 16.9 Å². The summed E-state index contributed by atoms with van der Waals surface area (Å²) in [5.74, 6) is 4.75. The molecule has 0 bridgehead atoms. The Kier molecular flexibility index (Phi) is 6.73. The van der Waals surface area contributed by atoms with Gasteiger partial charge in [0.05, 0.1) is 19.7 Å². The van der Waals surface area contributed by atoms with Crippen molar-refractivity contribution in [3.8, 4) is 11.8 Å². The predicted molar refractivity (Wildman–Crippen MR) is 76.6 cm³/mol. The Bertz CT molecular complexity index is 514. The van der Waals surface area contributed by atoms with Crippen molar-refractivity contribution in [3.63, 3.8) is 0 Å². The zero-order valence-electron chi connectivity index (χ0n) is 11.0. The molecule has 108 valence electrons. The Morgan fingerprint density at radius 1 is 1.30 bits per heavy atom. The van der Waals surface area contributed by atoms with Gasteiger partial charge in [-0.3, -0.25) is 14.5 Å². The monoisotopic (exact) mass is 295 g/mol. The van der Waals surface area contributed by atoms with Gasteiger partial charge in [-0.15, -0.1) is 11.3 Å². The lowest BCUT2D eigenvalue weighted by atomic mass is 10.2. The number of thiophene rings is 1. The minimum absolute atomic E-state index is 0.0158. The highest BCUT2D eigenvalue weighted by atomic mass is 32.1. The Morgan fingerprint density at radius 2 is 1.95 bits per heavy atom. The first-order valence-electron chi connectivity index (χ1n) is 5.98. The maximum absolute atomic E-state index is 11.0. The molecule has 7 heteroatoms. The Hall–Kier alpha value is -1.88. The molecule has 0 aliphatic rings. The van der Waals surface area contributed by atoms with E-state index in [0.717, 1.165) is 10.4 Å². The fraction of sp³-hybridized carbons (Fsp3) is 0.385. The summed E-state index contributed by atoms with van der Waals surface area (Å²) in [6.07, 6.45) is 0.404. The number of nitrogens with two attached hydrogens (primary N) is 2. The van der Waals surface area contributed by atoms with Crippen LogP contribution in [-0.2, 0) is 16.1 Å². The van der Waals surface area contributed by atoms with Gasteiger partial charge < -0.3 is 16.6 Å². The number of nitrogens with zero attached hydrogens (tertiary/aromatic N) is 1. The fourth-order valence-corrected chi connectivity index (χ4v) is 2.47. The molecule has 0 atom stereocenters. The number of carbonyl (C=O) groups excluding carboxylic acids is 2. The van der Waals surface area contributed by atoms with Crippen LogP contribution in [0.15, 0.2) is 11.4 Å². The first-order valence-corrected chi connectivity index (χ1v) is 6.86. The number of primary amides is 2. The van der Waals surface area contributed by atoms with Crippen molar-refractivity contribution in [1.82, 2.24) is 4.90 Å². The summed E-state index contributed by atoms with van der Waals surface area (Å²) in [6.45, 7) is 0.323. The van der Waals surface area contributed by atoms with Gasteiger partial charge in [0, 0.05) is 23.4 Å². The topological polar surface area (TPSA) is 110 Å². The number of rotatable bonds is 7. The van der Waals surface area contributed by atoms with Crippen molar-refractivity contribution < 1.29 is 14.7 Å². The third kappa shape index (κ3) is 5.84. The molecule has 0 saturated carbocycles. The van der Waals surface area contributed by atoms with Gasteiger partial charge in [-0.25, -0.2) is 0 Å². The Morgan fingerprint density at radius 3 is 2.50 bits per heavy atom. The SMILES string of the molecule is NC(=O)CN(CC(N)=O)Cc1sccc1C#CCCO. The lowest BCUT2D eigenvalue weighted by Crippen LogP contribution is -2.39. The summed E-state index contributed by atoms with van der Waals surface area (Å²) in [5.41, 5.74) is 11.1. The van der Waals surface area contributed by atoms with Crippen molar-refractivity contribution in [2.24, 2.45) is 11.5 Å². The van der Waals surface area contributed by atoms with Gasteiger partial charge in [0.1, 0.15) is 0 Å². The van der Waals surface area contributed by atoms with Gasteiger partial charge in [0.25, 0.3) is 0 Å². The standard InChI is InChI=1S/C13H17N3O3S/c14-12(18)8-16(9-13(15)19)7-11-10(4-6-20-11)3-1-2-5-17/h4,6,17H,2,5,7-9H2,(H2,14,18)(H2,15,19). The minimum Gasteiger partial charge on any atom is -0.395 e. The third-order valence-corrected chi connectivity index (χ3v) is 3.24. The summed E-state index contributed by atoms with van der Waals surface area (Å²) < 4.78 is 0. The van der Waals surface area contributed by atoms with Crippen molar-refractivity contribution >= 4 is 23.2 Å². The number of hydrogen-bond donors (Lipinski definition) is 3. The second kappa shape index (κ2) is 8.32. The van der Waals surface area contributed by atoms with Crippen molar-refractivity contribution in [2.45, 2.75) is 13.0 Å². The second-order valence-electron chi connectivity index (χ2n) is 4.11. The molecule has 0 aromatic carbocycles. The molecule has 0 saturated heterocycles. The van der Waals surface area contributed by atoms with Gasteiger partial charge in [-0.05, 0) is 11.4 Å². The minimum atomic E-state index is -0.518. The maximum atomic E-state index is 11.0. The molecule has 0 spiro atoms. The van der Waals surface area contributed by atoms with Crippen LogP contribution in [0.4, 0.5) is 0 Å². The zero-order chi connectivity index (χ0) is 15.0. The molecular weight excluding hydrogens is 278 g/mol. The maximum Gasteiger partial charge on any atom is 0.231 e. The van der Waals surface area contributed by atoms with E-state index >= 15 is 0 Å². The molecule has 5 N–H and O–H groups in total. The van der Waals surface area contributed by atoms with Gasteiger partial charge >= 0.3 is 0 Å². The van der Waals surface area contributed by atoms with Crippen LogP contribution in [0.5, 0.6) is 0 Å². The molecule has 1 aromatic rings. The summed E-state index contributed by atoms with van der Waals surface area (Å²) in [4.78, 5) is 24.5. The van der Waals surface area contributed by atoms with Crippen LogP contribution in [-0.4, -0.2) is 41.5 Å². The molecule has 1 rings (SSSR count). The highest BCUT2D eigenvalue weighted by Crippen LogP contribution is 2.18. The van der Waals surface area contributed by atoms with Gasteiger partial charge in [0.2, 0.25) is 11.8 Å². The summed E-state index contributed by atoms with van der Waals surface area (Å²) in [6, 6.07) is 1.86. The molecule has 0 aliphatic carbocycles. The molecule has 6 nitrogen and oxygen atoms in total. The van der Waals surface area contributed by atoms with E-state index in [2.05, 4.69) is 11.8 Å². The van der Waals surface area contributed by atoms with E-state index in [1.54, 1.807) is 4.90 Å². The normalized spacial score (nSPS) is 10.1. The van der Waals surface area contributed by atoms with Gasteiger partial charge in [0.15, 0.2) is 0 Å². The van der Waals surface area contributed by atoms with E-state index in [0.29, 0.717) is 13.0 Å². The van der Waals surface area contributed by atoms with Crippen molar-refractivity contribution in [3.05, 3.63) is 21.9 Å². The largest absolute Gasteiger partial charge is 0.395 e. The summed E-state index contributed by atoms with van der Waals surface area (Å²) in [5, 5.41) is 10.6. The first-order chi connectivity index (χ1) is 9.52. The number of hydrogen-bond acceptors (Lipinski definition) is 5. The highest BCUT2D eigenvalue weighted by molar-refractivity contribution is 7.10. The molecular formula is C13H17N3O3S. The molecule has 1 aromatic heterocycles. The number of aliphatic hydroxyl groups is 1. The van der Waals surface area contributed by atoms with Gasteiger partial charge in [-0.2, -0.15) is 0 Å². The molecule has 0 radical (unpaired) electrons. The molecule has 20 heavy (non-hydrogen) atoms. The fourth-order valence-electron chi connectivity index (χ4n) is 1.60. The molecule has 0 fully saturated rings. The number of amides is 2. The average Bonchev–Trinajstić information content (AvgIpc) is 2.75. The average molecular weight is 295 g/mol. The van der Waals surface area contributed by atoms with Crippen molar-refractivity contribution in [1.29, 1.82) is 0 Å². The zero-order valence-corrected chi connectivity index (χ0v) is 11.8. The van der Waals surface area contributed by atoms with Crippen LogP contribution >= 0.6 is 11.3 Å².